The van der Waals surface area contributed by atoms with Crippen LogP contribution in [0.2, 0.25) is 5.02 Å². The third-order valence-corrected chi connectivity index (χ3v) is 5.66. The largest absolute Gasteiger partial charge is 0.340 e. The minimum absolute atomic E-state index is 0.125. The van der Waals surface area contributed by atoms with Crippen LogP contribution in [0.1, 0.15) is 23.5 Å². The monoisotopic (exact) mass is 372 g/mol. The van der Waals surface area contributed by atoms with Crippen molar-refractivity contribution in [3.8, 4) is 0 Å². The molecule has 1 heterocycles. The Morgan fingerprint density at radius 1 is 1.00 bits per heavy atom. The molecule has 0 N–H and O–H groups in total. The van der Waals surface area contributed by atoms with Crippen molar-refractivity contribution in [2.75, 3.05) is 26.2 Å². The smallest absolute Gasteiger partial charge is 0.226 e. The molecule has 1 aliphatic heterocycles. The molecule has 1 saturated heterocycles. The summed E-state index contributed by atoms with van der Waals surface area (Å²) in [5.41, 5.74) is 2.32. The van der Waals surface area contributed by atoms with Crippen LogP contribution in [0.15, 0.2) is 48.5 Å². The topological polar surface area (TPSA) is 23.6 Å². The molecule has 2 atom stereocenters. The Bertz CT molecular complexity index is 770. The summed E-state index contributed by atoms with van der Waals surface area (Å²) in [6.45, 7) is 4.07. The van der Waals surface area contributed by atoms with Crippen LogP contribution >= 0.6 is 11.6 Å². The van der Waals surface area contributed by atoms with Crippen molar-refractivity contribution in [2.24, 2.45) is 5.92 Å². The molecule has 1 aliphatic carbocycles. The van der Waals surface area contributed by atoms with E-state index >= 15 is 0 Å². The van der Waals surface area contributed by atoms with Crippen LogP contribution in [0, 0.1) is 11.7 Å². The molecule has 5 heteroatoms. The maximum Gasteiger partial charge on any atom is 0.226 e. The molecule has 1 amide bonds. The lowest BCUT2D eigenvalue weighted by atomic mass is 10.1. The Balaban J connectivity index is 1.27. The van der Waals surface area contributed by atoms with Crippen molar-refractivity contribution in [2.45, 2.75) is 18.9 Å². The Morgan fingerprint density at radius 2 is 1.65 bits per heavy atom. The molecule has 4 rings (SSSR count). The number of hydrogen-bond acceptors (Lipinski definition) is 2. The maximum atomic E-state index is 13.0. The van der Waals surface area contributed by atoms with E-state index in [0.717, 1.165) is 49.7 Å². The van der Waals surface area contributed by atoms with Crippen LogP contribution in [0.25, 0.3) is 0 Å². The first-order valence-electron chi connectivity index (χ1n) is 9.11. The van der Waals surface area contributed by atoms with Gasteiger partial charge in [-0.1, -0.05) is 35.9 Å². The van der Waals surface area contributed by atoms with Crippen molar-refractivity contribution < 1.29 is 9.18 Å². The van der Waals surface area contributed by atoms with E-state index in [9.17, 15) is 9.18 Å². The molecule has 0 radical (unpaired) electrons. The number of rotatable bonds is 4. The summed E-state index contributed by atoms with van der Waals surface area (Å²) in [6, 6.07) is 14.5. The number of nitrogens with zero attached hydrogens (tertiary/aromatic N) is 2. The van der Waals surface area contributed by atoms with Gasteiger partial charge in [0.2, 0.25) is 5.91 Å². The van der Waals surface area contributed by atoms with E-state index in [1.54, 1.807) is 0 Å². The van der Waals surface area contributed by atoms with Crippen molar-refractivity contribution in [3.63, 3.8) is 0 Å². The van der Waals surface area contributed by atoms with Gasteiger partial charge in [-0.15, -0.1) is 0 Å². The summed E-state index contributed by atoms with van der Waals surface area (Å²) in [6.07, 6.45) is 0.941. The molecule has 2 aromatic rings. The van der Waals surface area contributed by atoms with Gasteiger partial charge in [0.15, 0.2) is 0 Å². The highest BCUT2D eigenvalue weighted by Gasteiger charge is 2.46. The highest BCUT2D eigenvalue weighted by molar-refractivity contribution is 6.30. The summed E-state index contributed by atoms with van der Waals surface area (Å²) in [7, 11) is 0. The van der Waals surface area contributed by atoms with Gasteiger partial charge in [-0.25, -0.2) is 4.39 Å². The van der Waals surface area contributed by atoms with E-state index in [0.29, 0.717) is 5.92 Å². The summed E-state index contributed by atoms with van der Waals surface area (Å²) in [4.78, 5) is 17.1. The molecule has 2 fully saturated rings. The number of piperazine rings is 1. The van der Waals surface area contributed by atoms with Gasteiger partial charge in [0, 0.05) is 43.7 Å². The lowest BCUT2D eigenvalue weighted by Gasteiger charge is -2.35. The Morgan fingerprint density at radius 3 is 2.31 bits per heavy atom. The minimum Gasteiger partial charge on any atom is -0.340 e. The first kappa shape index (κ1) is 17.5. The zero-order valence-corrected chi connectivity index (χ0v) is 15.3. The number of amides is 1. The lowest BCUT2D eigenvalue weighted by Crippen LogP contribution is -2.48. The van der Waals surface area contributed by atoms with Gasteiger partial charge in [-0.05, 0) is 47.7 Å². The Hall–Kier alpha value is -1.91. The molecule has 2 unspecified atom stereocenters. The summed E-state index contributed by atoms with van der Waals surface area (Å²) < 4.78 is 13.0. The first-order valence-corrected chi connectivity index (χ1v) is 9.49. The number of carbonyl (C=O) groups excluding carboxylic acids is 1. The predicted molar refractivity (Wildman–Crippen MR) is 101 cm³/mol. The van der Waals surface area contributed by atoms with Crippen molar-refractivity contribution in [1.82, 2.24) is 9.80 Å². The predicted octanol–water partition coefficient (Wildman–Crippen LogP) is 3.93. The minimum atomic E-state index is -0.205. The van der Waals surface area contributed by atoms with Gasteiger partial charge in [0.25, 0.3) is 0 Å². The fourth-order valence-electron chi connectivity index (χ4n) is 3.76. The first-order chi connectivity index (χ1) is 12.6. The van der Waals surface area contributed by atoms with Crippen molar-refractivity contribution >= 4 is 17.5 Å². The summed E-state index contributed by atoms with van der Waals surface area (Å²) in [5, 5.41) is 0.731. The van der Waals surface area contributed by atoms with E-state index in [-0.39, 0.29) is 17.6 Å². The second-order valence-electron chi connectivity index (χ2n) is 7.23. The lowest BCUT2D eigenvalue weighted by molar-refractivity contribution is -0.134. The molecule has 136 valence electrons. The van der Waals surface area contributed by atoms with Gasteiger partial charge in [0.05, 0.1) is 0 Å². The molecule has 0 spiro atoms. The second kappa shape index (κ2) is 7.37. The van der Waals surface area contributed by atoms with E-state index in [1.165, 1.54) is 17.7 Å². The normalized spacial score (nSPS) is 23.1. The van der Waals surface area contributed by atoms with Crippen LogP contribution < -0.4 is 0 Å². The van der Waals surface area contributed by atoms with Gasteiger partial charge < -0.3 is 4.90 Å². The molecular formula is C21H22ClFN2O. The van der Waals surface area contributed by atoms with E-state index in [4.69, 9.17) is 11.6 Å². The number of halogens is 2. The van der Waals surface area contributed by atoms with Crippen LogP contribution in [0.3, 0.4) is 0 Å². The second-order valence-corrected chi connectivity index (χ2v) is 7.66. The quantitative estimate of drug-likeness (QED) is 0.812. The van der Waals surface area contributed by atoms with Crippen LogP contribution in [-0.2, 0) is 11.3 Å². The van der Waals surface area contributed by atoms with Crippen LogP contribution in [-0.4, -0.2) is 41.9 Å². The molecule has 1 saturated carbocycles. The number of carbonyl (C=O) groups is 1. The zero-order chi connectivity index (χ0) is 18.1. The highest BCUT2D eigenvalue weighted by Crippen LogP contribution is 2.48. The molecule has 3 nitrogen and oxygen atoms in total. The van der Waals surface area contributed by atoms with Gasteiger partial charge in [-0.2, -0.15) is 0 Å². The standard InChI is InChI=1S/C21H22ClFN2O/c22-17-5-3-16(4-6-17)19-13-20(19)21(26)25-11-9-24(10-12-25)14-15-1-7-18(23)8-2-15/h1-8,19-20H,9-14H2. The average Bonchev–Trinajstić information content (AvgIpc) is 3.45. The summed E-state index contributed by atoms with van der Waals surface area (Å²) in [5.74, 6) is 0.548. The zero-order valence-electron chi connectivity index (χ0n) is 14.6. The molecule has 0 bridgehead atoms. The molecule has 26 heavy (non-hydrogen) atoms. The van der Waals surface area contributed by atoms with Crippen molar-refractivity contribution in [1.29, 1.82) is 0 Å². The van der Waals surface area contributed by atoms with E-state index < -0.39 is 0 Å². The average molecular weight is 373 g/mol. The fraction of sp³-hybridized carbons (Fsp3) is 0.381. The molecule has 2 aromatic carbocycles. The number of benzene rings is 2. The molecular weight excluding hydrogens is 351 g/mol. The van der Waals surface area contributed by atoms with Gasteiger partial charge >= 0.3 is 0 Å². The fourth-order valence-corrected chi connectivity index (χ4v) is 3.88. The molecule has 0 aromatic heterocycles. The number of hydrogen-bond donors (Lipinski definition) is 0. The van der Waals surface area contributed by atoms with Crippen molar-refractivity contribution in [3.05, 3.63) is 70.5 Å². The van der Waals surface area contributed by atoms with Gasteiger partial charge in [0.1, 0.15) is 5.82 Å². The molecule has 2 aliphatic rings. The van der Waals surface area contributed by atoms with E-state index in [1.807, 2.05) is 41.3 Å². The Kier molecular flexibility index (Phi) is 4.96. The Labute approximate surface area is 158 Å². The third-order valence-electron chi connectivity index (χ3n) is 5.41. The van der Waals surface area contributed by atoms with E-state index in [2.05, 4.69) is 4.90 Å². The SMILES string of the molecule is O=C(C1CC1c1ccc(Cl)cc1)N1CCN(Cc2ccc(F)cc2)CC1. The summed E-state index contributed by atoms with van der Waals surface area (Å²) >= 11 is 5.94. The maximum absolute atomic E-state index is 13.0. The highest BCUT2D eigenvalue weighted by atomic mass is 35.5. The van der Waals surface area contributed by atoms with Gasteiger partial charge in [-0.3, -0.25) is 9.69 Å². The van der Waals surface area contributed by atoms with Crippen LogP contribution in [0.5, 0.6) is 0 Å². The van der Waals surface area contributed by atoms with Crippen LogP contribution in [0.4, 0.5) is 4.39 Å². The third kappa shape index (κ3) is 3.92.